The molecule has 0 fully saturated rings. The molecule has 0 unspecified atom stereocenters. The number of halogens is 1. The number of amides is 1. The van der Waals surface area contributed by atoms with Gasteiger partial charge in [-0.05, 0) is 30.0 Å². The van der Waals surface area contributed by atoms with E-state index in [0.717, 1.165) is 25.5 Å². The molecule has 0 saturated heterocycles. The first-order valence-electron chi connectivity index (χ1n) is 8.53. The van der Waals surface area contributed by atoms with Gasteiger partial charge in [-0.25, -0.2) is 0 Å². The highest BCUT2D eigenvalue weighted by Gasteiger charge is 2.05. The Morgan fingerprint density at radius 1 is 1.20 bits per heavy atom. The molecular weight excluding hydrogens is 431 g/mol. The van der Waals surface area contributed by atoms with Crippen LogP contribution in [0.1, 0.15) is 32.3 Å². The van der Waals surface area contributed by atoms with Crippen molar-refractivity contribution in [2.45, 2.75) is 33.1 Å². The predicted molar refractivity (Wildman–Crippen MR) is 114 cm³/mol. The molecule has 0 radical (unpaired) electrons. The Balaban J connectivity index is 0.00000576. The Labute approximate surface area is 168 Å². The van der Waals surface area contributed by atoms with Crippen molar-refractivity contribution in [1.29, 1.82) is 0 Å². The zero-order chi connectivity index (χ0) is 17.8. The maximum absolute atomic E-state index is 10.7. The maximum Gasteiger partial charge on any atom is 0.255 e. The molecule has 142 valence electrons. The van der Waals surface area contributed by atoms with Gasteiger partial charge in [-0.2, -0.15) is 0 Å². The lowest BCUT2D eigenvalue weighted by molar-refractivity contribution is -0.119. The Hall–Kier alpha value is -1.51. The minimum atomic E-state index is -0.476. The van der Waals surface area contributed by atoms with E-state index >= 15 is 0 Å². The number of hydrogen-bond acceptors (Lipinski definition) is 3. The number of ether oxygens (including phenoxy) is 1. The van der Waals surface area contributed by atoms with E-state index < -0.39 is 5.91 Å². The lowest BCUT2D eigenvalue weighted by atomic mass is 10.0. The molecule has 6 nitrogen and oxygen atoms in total. The van der Waals surface area contributed by atoms with Crippen LogP contribution in [0.5, 0.6) is 5.75 Å². The molecule has 1 rings (SSSR count). The van der Waals surface area contributed by atoms with Gasteiger partial charge in [0.25, 0.3) is 5.91 Å². The van der Waals surface area contributed by atoms with E-state index in [1.54, 1.807) is 7.05 Å². The molecule has 0 heterocycles. The third-order valence-electron chi connectivity index (χ3n) is 3.95. The molecule has 4 N–H and O–H groups in total. The minimum Gasteiger partial charge on any atom is -0.484 e. The van der Waals surface area contributed by atoms with Crippen LogP contribution >= 0.6 is 24.0 Å². The van der Waals surface area contributed by atoms with Crippen LogP contribution in [0.15, 0.2) is 29.3 Å². The average molecular weight is 462 g/mol. The first-order valence-corrected chi connectivity index (χ1v) is 8.53. The number of carbonyl (C=O) groups excluding carboxylic acids is 1. The highest BCUT2D eigenvalue weighted by molar-refractivity contribution is 14.0. The van der Waals surface area contributed by atoms with Gasteiger partial charge in [-0.1, -0.05) is 38.8 Å². The van der Waals surface area contributed by atoms with Gasteiger partial charge in [0.15, 0.2) is 12.6 Å². The Morgan fingerprint density at radius 2 is 1.84 bits per heavy atom. The van der Waals surface area contributed by atoms with Gasteiger partial charge in [0, 0.05) is 20.1 Å². The van der Waals surface area contributed by atoms with Crippen LogP contribution < -0.4 is 21.1 Å². The summed E-state index contributed by atoms with van der Waals surface area (Å²) in [5.74, 6) is 1.68. The molecule has 0 saturated carbocycles. The van der Waals surface area contributed by atoms with Gasteiger partial charge in [-0.15, -0.1) is 24.0 Å². The van der Waals surface area contributed by atoms with Crippen molar-refractivity contribution < 1.29 is 9.53 Å². The van der Waals surface area contributed by atoms with Gasteiger partial charge in [0.1, 0.15) is 5.75 Å². The summed E-state index contributed by atoms with van der Waals surface area (Å²) in [5.41, 5.74) is 6.23. The Kier molecular flexibility index (Phi) is 12.9. The summed E-state index contributed by atoms with van der Waals surface area (Å²) in [5, 5.41) is 6.69. The van der Waals surface area contributed by atoms with E-state index in [1.165, 1.54) is 18.4 Å². The smallest absolute Gasteiger partial charge is 0.255 e. The molecule has 0 aliphatic heterocycles. The zero-order valence-corrected chi connectivity index (χ0v) is 17.7. The summed E-state index contributed by atoms with van der Waals surface area (Å²) in [7, 11) is 1.78. The van der Waals surface area contributed by atoms with Crippen molar-refractivity contribution in [3.63, 3.8) is 0 Å². The van der Waals surface area contributed by atoms with Crippen LogP contribution in [0.4, 0.5) is 0 Å². The van der Waals surface area contributed by atoms with Crippen molar-refractivity contribution in [3.8, 4) is 5.75 Å². The number of carbonyl (C=O) groups is 1. The molecule has 0 spiro atoms. The lowest BCUT2D eigenvalue weighted by Gasteiger charge is -2.16. The monoisotopic (exact) mass is 462 g/mol. The van der Waals surface area contributed by atoms with Gasteiger partial charge in [0.05, 0.1) is 0 Å². The summed E-state index contributed by atoms with van der Waals surface area (Å²) in [4.78, 5) is 14.9. The second-order valence-electron chi connectivity index (χ2n) is 5.71. The van der Waals surface area contributed by atoms with Crippen molar-refractivity contribution >= 4 is 35.8 Å². The van der Waals surface area contributed by atoms with Gasteiger partial charge in [-0.3, -0.25) is 9.79 Å². The van der Waals surface area contributed by atoms with Crippen molar-refractivity contribution in [3.05, 3.63) is 29.8 Å². The summed E-state index contributed by atoms with van der Waals surface area (Å²) in [6.45, 7) is 6.06. The topological polar surface area (TPSA) is 88.7 Å². The Morgan fingerprint density at radius 3 is 2.36 bits per heavy atom. The van der Waals surface area contributed by atoms with Crippen molar-refractivity contribution in [1.82, 2.24) is 10.6 Å². The quantitative estimate of drug-likeness (QED) is 0.283. The number of nitrogens with zero attached hydrogens (tertiary/aromatic N) is 1. The molecule has 7 heteroatoms. The number of hydrogen-bond donors (Lipinski definition) is 3. The summed E-state index contributed by atoms with van der Waals surface area (Å²) in [6, 6.07) is 7.66. The van der Waals surface area contributed by atoms with E-state index in [1.807, 2.05) is 24.3 Å². The number of primary amides is 1. The van der Waals surface area contributed by atoms with E-state index in [-0.39, 0.29) is 30.6 Å². The third kappa shape index (κ3) is 10.2. The average Bonchev–Trinajstić information content (AvgIpc) is 2.60. The van der Waals surface area contributed by atoms with Crippen molar-refractivity contribution in [2.75, 3.05) is 26.7 Å². The molecule has 1 aromatic carbocycles. The van der Waals surface area contributed by atoms with Crippen LogP contribution in [0, 0.1) is 5.92 Å². The van der Waals surface area contributed by atoms with E-state index in [4.69, 9.17) is 10.5 Å². The molecule has 0 bridgehead atoms. The Bertz CT molecular complexity index is 516. The fourth-order valence-electron chi connectivity index (χ4n) is 2.27. The van der Waals surface area contributed by atoms with E-state index in [0.29, 0.717) is 11.7 Å². The van der Waals surface area contributed by atoms with Gasteiger partial charge >= 0.3 is 0 Å². The van der Waals surface area contributed by atoms with Gasteiger partial charge < -0.3 is 21.1 Å². The highest BCUT2D eigenvalue weighted by atomic mass is 127. The number of rotatable bonds is 10. The van der Waals surface area contributed by atoms with Gasteiger partial charge in [0.2, 0.25) is 0 Å². The number of nitrogens with two attached hydrogens (primary N) is 1. The van der Waals surface area contributed by atoms with Crippen LogP contribution in [-0.2, 0) is 11.2 Å². The van der Waals surface area contributed by atoms with Crippen LogP contribution in [0.2, 0.25) is 0 Å². The normalized spacial score (nSPS) is 11.0. The van der Waals surface area contributed by atoms with E-state index in [9.17, 15) is 4.79 Å². The summed E-state index contributed by atoms with van der Waals surface area (Å²) >= 11 is 0. The van der Waals surface area contributed by atoms with E-state index in [2.05, 4.69) is 29.5 Å². The molecule has 0 aliphatic rings. The number of aliphatic imine (C=N–C) groups is 1. The standard InChI is InChI=1S/C18H30N4O2.HI/c1-4-14(5-2)12-22-18(20-3)21-11-10-15-6-8-16(9-7-15)24-13-17(19)23;/h6-9,14H,4-5,10-13H2,1-3H3,(H2,19,23)(H2,20,21,22);1H. The molecule has 1 amide bonds. The van der Waals surface area contributed by atoms with Crippen LogP contribution in [0.25, 0.3) is 0 Å². The minimum absolute atomic E-state index is 0. The fraction of sp³-hybridized carbons (Fsp3) is 0.556. The first kappa shape index (κ1) is 23.5. The summed E-state index contributed by atoms with van der Waals surface area (Å²) < 4.78 is 5.24. The lowest BCUT2D eigenvalue weighted by Crippen LogP contribution is -2.40. The predicted octanol–water partition coefficient (Wildman–Crippen LogP) is 2.31. The second-order valence-corrected chi connectivity index (χ2v) is 5.71. The fourth-order valence-corrected chi connectivity index (χ4v) is 2.27. The molecule has 0 aromatic heterocycles. The zero-order valence-electron chi connectivity index (χ0n) is 15.4. The first-order chi connectivity index (χ1) is 11.6. The maximum atomic E-state index is 10.7. The number of nitrogens with one attached hydrogen (secondary N) is 2. The van der Waals surface area contributed by atoms with Crippen LogP contribution in [-0.4, -0.2) is 38.6 Å². The third-order valence-corrected chi connectivity index (χ3v) is 3.95. The molecule has 25 heavy (non-hydrogen) atoms. The van der Waals surface area contributed by atoms with Crippen molar-refractivity contribution in [2.24, 2.45) is 16.6 Å². The largest absolute Gasteiger partial charge is 0.484 e. The summed E-state index contributed by atoms with van der Waals surface area (Å²) in [6.07, 6.45) is 3.22. The SMILES string of the molecule is CCC(CC)CNC(=NC)NCCc1ccc(OCC(N)=O)cc1.I. The van der Waals surface area contributed by atoms with Crippen LogP contribution in [0.3, 0.4) is 0 Å². The highest BCUT2D eigenvalue weighted by Crippen LogP contribution is 2.12. The molecule has 0 atom stereocenters. The molecule has 1 aromatic rings. The molecule has 0 aliphatic carbocycles. The number of benzene rings is 1. The number of guanidine groups is 1. The molecular formula is C18H31IN4O2. The second kappa shape index (κ2) is 13.7.